The molecule has 1 N–H and O–H groups in total. The molecule has 1 aliphatic rings. The molecular weight excluding hydrogens is 488 g/mol. The molecule has 1 fully saturated rings. The molecule has 0 bridgehead atoms. The lowest BCUT2D eigenvalue weighted by molar-refractivity contribution is -0.120. The predicted molar refractivity (Wildman–Crippen MR) is 133 cm³/mol. The number of hydrogen-bond donors (Lipinski definition) is 1. The summed E-state index contributed by atoms with van der Waals surface area (Å²) in [6, 6.07) is 8.87. The van der Waals surface area contributed by atoms with Crippen molar-refractivity contribution in [2.24, 2.45) is 5.92 Å². The number of piperidine rings is 1. The molecule has 0 unspecified atom stereocenters. The molecule has 1 saturated heterocycles. The maximum absolute atomic E-state index is 14.0. The number of hydrogen-bond acceptors (Lipinski definition) is 5. The Bertz CT molecular complexity index is 1420. The van der Waals surface area contributed by atoms with Crippen LogP contribution < -0.4 is 5.32 Å². The van der Waals surface area contributed by atoms with Crippen LogP contribution in [0.2, 0.25) is 0 Å². The number of anilines is 1. The monoisotopic (exact) mass is 515 g/mol. The largest absolute Gasteiger partial charge is 0.355 e. The standard InChI is InChI=1S/C26H27F2N3O4S/c1-16-4-8-23(17(2)14-16)29-26(32)20-10-12-31(13-11-20)36(33,34)25-18(3)30-35-24(25)9-6-19-5-7-21(27)15-22(19)28/h4-9,14-15,20H,10-13H2,1-3H3,(H,29,32). The molecular formula is C26H27F2N3O4S. The van der Waals surface area contributed by atoms with Gasteiger partial charge in [0, 0.05) is 36.3 Å². The summed E-state index contributed by atoms with van der Waals surface area (Å²) in [7, 11) is -3.98. The maximum Gasteiger partial charge on any atom is 0.248 e. The summed E-state index contributed by atoms with van der Waals surface area (Å²) in [6.07, 6.45) is 3.34. The van der Waals surface area contributed by atoms with Gasteiger partial charge in [-0.3, -0.25) is 4.79 Å². The second-order valence-electron chi connectivity index (χ2n) is 8.95. The molecule has 4 rings (SSSR count). The minimum atomic E-state index is -3.98. The van der Waals surface area contributed by atoms with Crippen molar-refractivity contribution in [1.82, 2.24) is 9.46 Å². The van der Waals surface area contributed by atoms with Crippen molar-refractivity contribution in [1.29, 1.82) is 0 Å². The van der Waals surface area contributed by atoms with E-state index in [9.17, 15) is 22.0 Å². The van der Waals surface area contributed by atoms with Gasteiger partial charge in [-0.25, -0.2) is 17.2 Å². The van der Waals surface area contributed by atoms with Gasteiger partial charge in [-0.1, -0.05) is 22.9 Å². The van der Waals surface area contributed by atoms with Gasteiger partial charge in [-0.15, -0.1) is 0 Å². The Morgan fingerprint density at radius 1 is 1.08 bits per heavy atom. The van der Waals surface area contributed by atoms with Crippen LogP contribution in [-0.2, 0) is 14.8 Å². The van der Waals surface area contributed by atoms with Crippen LogP contribution in [0, 0.1) is 38.3 Å². The van der Waals surface area contributed by atoms with Crippen molar-refractivity contribution in [3.05, 3.63) is 76.2 Å². The maximum atomic E-state index is 14.0. The summed E-state index contributed by atoms with van der Waals surface area (Å²) >= 11 is 0. The Balaban J connectivity index is 1.46. The lowest BCUT2D eigenvalue weighted by Gasteiger charge is -2.30. The van der Waals surface area contributed by atoms with Gasteiger partial charge in [0.25, 0.3) is 0 Å². The highest BCUT2D eigenvalue weighted by Crippen LogP contribution is 2.30. The smallest absolute Gasteiger partial charge is 0.248 e. The van der Waals surface area contributed by atoms with E-state index in [-0.39, 0.29) is 46.8 Å². The molecule has 0 saturated carbocycles. The van der Waals surface area contributed by atoms with Crippen LogP contribution in [0.3, 0.4) is 0 Å². The highest BCUT2D eigenvalue weighted by atomic mass is 32.2. The number of aromatic nitrogens is 1. The predicted octanol–water partition coefficient (Wildman–Crippen LogP) is 5.09. The molecule has 1 aliphatic heterocycles. The van der Waals surface area contributed by atoms with Crippen LogP contribution in [0.4, 0.5) is 14.5 Å². The Hall–Kier alpha value is -3.37. The van der Waals surface area contributed by atoms with Gasteiger partial charge >= 0.3 is 0 Å². The SMILES string of the molecule is Cc1ccc(NC(=O)C2CCN(S(=O)(=O)c3c(C)noc3C=Cc3ccc(F)cc3F)CC2)c(C)c1. The Labute approximate surface area is 208 Å². The first kappa shape index (κ1) is 25.7. The highest BCUT2D eigenvalue weighted by Gasteiger charge is 2.36. The summed E-state index contributed by atoms with van der Waals surface area (Å²) in [5, 5.41) is 6.73. The number of carbonyl (C=O) groups is 1. The third-order valence-electron chi connectivity index (χ3n) is 6.27. The Morgan fingerprint density at radius 2 is 1.81 bits per heavy atom. The summed E-state index contributed by atoms with van der Waals surface area (Å²) < 4.78 is 60.5. The lowest BCUT2D eigenvalue weighted by atomic mass is 9.97. The zero-order valence-corrected chi connectivity index (χ0v) is 21.0. The molecule has 7 nitrogen and oxygen atoms in total. The molecule has 1 amide bonds. The number of aryl methyl sites for hydroxylation is 3. The van der Waals surface area contributed by atoms with Crippen molar-refractivity contribution in [3.8, 4) is 0 Å². The number of sulfonamides is 1. The number of halogens is 2. The molecule has 0 radical (unpaired) electrons. The molecule has 190 valence electrons. The molecule has 1 aromatic heterocycles. The number of amides is 1. The molecule has 0 spiro atoms. The summed E-state index contributed by atoms with van der Waals surface area (Å²) in [5.41, 5.74) is 3.06. The van der Waals surface area contributed by atoms with Crippen LogP contribution in [0.5, 0.6) is 0 Å². The van der Waals surface area contributed by atoms with Crippen LogP contribution in [-0.4, -0.2) is 36.9 Å². The molecule has 0 atom stereocenters. The fourth-order valence-corrected chi connectivity index (χ4v) is 6.00. The Kier molecular flexibility index (Phi) is 7.37. The summed E-state index contributed by atoms with van der Waals surface area (Å²) in [6.45, 7) is 5.74. The third-order valence-corrected chi connectivity index (χ3v) is 8.33. The average Bonchev–Trinajstić information content (AvgIpc) is 3.21. The van der Waals surface area contributed by atoms with Gasteiger partial charge in [-0.05, 0) is 69.5 Å². The van der Waals surface area contributed by atoms with Gasteiger partial charge in [0.05, 0.1) is 0 Å². The number of benzene rings is 2. The number of carbonyl (C=O) groups excluding carboxylic acids is 1. The van der Waals surface area contributed by atoms with E-state index in [1.54, 1.807) is 0 Å². The number of nitrogens with zero attached hydrogens (tertiary/aromatic N) is 2. The van der Waals surface area contributed by atoms with Crippen molar-refractivity contribution in [2.75, 3.05) is 18.4 Å². The van der Waals surface area contributed by atoms with Crippen molar-refractivity contribution < 1.29 is 26.5 Å². The van der Waals surface area contributed by atoms with Crippen molar-refractivity contribution >= 4 is 33.8 Å². The van der Waals surface area contributed by atoms with E-state index in [1.807, 2.05) is 32.0 Å². The van der Waals surface area contributed by atoms with Gasteiger partial charge < -0.3 is 9.84 Å². The van der Waals surface area contributed by atoms with E-state index in [1.165, 1.54) is 29.4 Å². The third kappa shape index (κ3) is 5.39. The highest BCUT2D eigenvalue weighted by molar-refractivity contribution is 7.89. The first-order chi connectivity index (χ1) is 17.1. The molecule has 36 heavy (non-hydrogen) atoms. The molecule has 0 aliphatic carbocycles. The van der Waals surface area contributed by atoms with E-state index in [2.05, 4.69) is 10.5 Å². The first-order valence-corrected chi connectivity index (χ1v) is 13.0. The average molecular weight is 516 g/mol. The summed E-state index contributed by atoms with van der Waals surface area (Å²) in [5.74, 6) is -2.00. The van der Waals surface area contributed by atoms with Crippen molar-refractivity contribution in [2.45, 2.75) is 38.5 Å². The number of nitrogens with one attached hydrogen (secondary N) is 1. The van der Waals surface area contributed by atoms with Gasteiger partial charge in [-0.2, -0.15) is 4.31 Å². The number of rotatable bonds is 6. The van der Waals surface area contributed by atoms with Gasteiger partial charge in [0.1, 0.15) is 17.3 Å². The van der Waals surface area contributed by atoms with E-state index in [0.29, 0.717) is 12.8 Å². The lowest BCUT2D eigenvalue weighted by Crippen LogP contribution is -2.41. The molecule has 10 heteroatoms. The minimum Gasteiger partial charge on any atom is -0.355 e. The topological polar surface area (TPSA) is 92.5 Å². The minimum absolute atomic E-state index is 0.0501. The Morgan fingerprint density at radius 3 is 2.47 bits per heavy atom. The van der Waals surface area contributed by atoms with Crippen LogP contribution in [0.1, 0.15) is 41.0 Å². The summed E-state index contributed by atoms with van der Waals surface area (Å²) in [4.78, 5) is 12.7. The fourth-order valence-electron chi connectivity index (χ4n) is 4.28. The first-order valence-electron chi connectivity index (χ1n) is 11.5. The second-order valence-corrected chi connectivity index (χ2v) is 10.8. The van der Waals surface area contributed by atoms with E-state index < -0.39 is 21.7 Å². The van der Waals surface area contributed by atoms with Crippen molar-refractivity contribution in [3.63, 3.8) is 0 Å². The zero-order valence-electron chi connectivity index (χ0n) is 20.2. The molecule has 2 heterocycles. The van der Waals surface area contributed by atoms with Crippen LogP contribution in [0.15, 0.2) is 45.8 Å². The quantitative estimate of drug-likeness (QED) is 0.494. The van der Waals surface area contributed by atoms with Crippen LogP contribution >= 0.6 is 0 Å². The molecule has 2 aromatic carbocycles. The zero-order chi connectivity index (χ0) is 26.0. The van der Waals surface area contributed by atoms with Gasteiger partial charge in [0.15, 0.2) is 10.7 Å². The van der Waals surface area contributed by atoms with E-state index in [0.717, 1.165) is 28.9 Å². The molecule has 3 aromatic rings. The normalized spacial score (nSPS) is 15.5. The van der Waals surface area contributed by atoms with E-state index in [4.69, 9.17) is 4.52 Å². The second kappa shape index (κ2) is 10.3. The fraction of sp³-hybridized carbons (Fsp3) is 0.308. The van der Waals surface area contributed by atoms with Crippen LogP contribution in [0.25, 0.3) is 12.2 Å². The van der Waals surface area contributed by atoms with Gasteiger partial charge in [0.2, 0.25) is 15.9 Å². The van der Waals surface area contributed by atoms with E-state index >= 15 is 0 Å².